The van der Waals surface area contributed by atoms with Crippen LogP contribution in [0.2, 0.25) is 0 Å². The molecule has 1 amide bonds. The summed E-state index contributed by atoms with van der Waals surface area (Å²) in [5.41, 5.74) is 1.30. The van der Waals surface area contributed by atoms with Crippen LogP contribution in [0.5, 0.6) is 5.75 Å². The highest BCUT2D eigenvalue weighted by Crippen LogP contribution is 2.41. The third-order valence-electron chi connectivity index (χ3n) is 4.58. The van der Waals surface area contributed by atoms with Crippen molar-refractivity contribution < 1.29 is 9.53 Å². The minimum atomic E-state index is 0.188. The van der Waals surface area contributed by atoms with Crippen LogP contribution in [0.3, 0.4) is 0 Å². The molecule has 0 saturated carbocycles. The van der Waals surface area contributed by atoms with Gasteiger partial charge in [-0.1, -0.05) is 0 Å². The molecule has 1 saturated heterocycles. The summed E-state index contributed by atoms with van der Waals surface area (Å²) in [7, 11) is 1.70. The van der Waals surface area contributed by atoms with Crippen LogP contribution in [0.4, 0.5) is 0 Å². The highest BCUT2D eigenvalue weighted by atomic mass is 32.1. The van der Waals surface area contributed by atoms with Crippen molar-refractivity contribution >= 4 is 17.2 Å². The molecule has 1 aliphatic heterocycles. The van der Waals surface area contributed by atoms with Crippen LogP contribution in [0.1, 0.15) is 59.1 Å². The molecule has 110 valence electrons. The van der Waals surface area contributed by atoms with Crippen LogP contribution < -0.4 is 4.74 Å². The van der Waals surface area contributed by atoms with Gasteiger partial charge in [0, 0.05) is 23.0 Å². The number of hydrogen-bond acceptors (Lipinski definition) is 3. The molecule has 0 N–H and O–H groups in total. The van der Waals surface area contributed by atoms with Crippen LogP contribution in [-0.4, -0.2) is 30.5 Å². The van der Waals surface area contributed by atoms with Crippen molar-refractivity contribution in [3.05, 3.63) is 15.3 Å². The van der Waals surface area contributed by atoms with E-state index in [1.165, 1.54) is 29.7 Å². The number of aryl methyl sites for hydroxylation is 1. The van der Waals surface area contributed by atoms with E-state index >= 15 is 0 Å². The first-order valence-corrected chi connectivity index (χ1v) is 8.53. The molecular formula is C16H23NO2S. The Balaban J connectivity index is 1.92. The molecule has 1 aliphatic carbocycles. The van der Waals surface area contributed by atoms with Crippen LogP contribution >= 0.6 is 11.3 Å². The average Bonchev–Trinajstić information content (AvgIpc) is 2.85. The molecular weight excluding hydrogens is 270 g/mol. The van der Waals surface area contributed by atoms with Crippen molar-refractivity contribution in [1.82, 2.24) is 4.90 Å². The molecule has 3 nitrogen and oxygen atoms in total. The second kappa shape index (κ2) is 5.76. The third-order valence-corrected chi connectivity index (χ3v) is 5.85. The highest BCUT2D eigenvalue weighted by Gasteiger charge is 2.31. The summed E-state index contributed by atoms with van der Waals surface area (Å²) >= 11 is 1.67. The monoisotopic (exact) mass is 293 g/mol. The van der Waals surface area contributed by atoms with Gasteiger partial charge in [-0.3, -0.25) is 4.79 Å². The molecule has 20 heavy (non-hydrogen) atoms. The Bertz CT molecular complexity index is 509. The van der Waals surface area contributed by atoms with Crippen LogP contribution in [0.25, 0.3) is 0 Å². The van der Waals surface area contributed by atoms with E-state index in [1.807, 2.05) is 4.90 Å². The second-order valence-electron chi connectivity index (χ2n) is 5.92. The van der Waals surface area contributed by atoms with Crippen molar-refractivity contribution in [2.24, 2.45) is 0 Å². The first kappa shape index (κ1) is 13.9. The molecule has 0 radical (unpaired) electrons. The minimum absolute atomic E-state index is 0.188. The van der Waals surface area contributed by atoms with Gasteiger partial charge < -0.3 is 9.64 Å². The SMILES string of the molecule is COc1c(C(=O)N2CCCCC2C)sc2c1CCCC2. The van der Waals surface area contributed by atoms with E-state index in [0.717, 1.165) is 42.9 Å². The number of hydrogen-bond donors (Lipinski definition) is 0. The maximum atomic E-state index is 12.9. The molecule has 0 aromatic carbocycles. The topological polar surface area (TPSA) is 29.5 Å². The smallest absolute Gasteiger partial charge is 0.268 e. The number of carbonyl (C=O) groups is 1. The van der Waals surface area contributed by atoms with E-state index in [9.17, 15) is 4.79 Å². The van der Waals surface area contributed by atoms with Gasteiger partial charge in [0.2, 0.25) is 0 Å². The number of fused-ring (bicyclic) bond motifs is 1. The number of likely N-dealkylation sites (tertiary alicyclic amines) is 1. The lowest BCUT2D eigenvalue weighted by Gasteiger charge is -2.33. The van der Waals surface area contributed by atoms with Crippen LogP contribution in [-0.2, 0) is 12.8 Å². The van der Waals surface area contributed by atoms with Gasteiger partial charge in [-0.2, -0.15) is 0 Å². The Morgan fingerprint density at radius 2 is 2.05 bits per heavy atom. The zero-order valence-corrected chi connectivity index (χ0v) is 13.2. The fourth-order valence-electron chi connectivity index (χ4n) is 3.42. The van der Waals surface area contributed by atoms with Gasteiger partial charge in [-0.05, 0) is 51.9 Å². The number of thiophene rings is 1. The Kier molecular flexibility index (Phi) is 4.01. The van der Waals surface area contributed by atoms with E-state index in [1.54, 1.807) is 18.4 Å². The quantitative estimate of drug-likeness (QED) is 0.833. The second-order valence-corrected chi connectivity index (χ2v) is 7.02. The first-order chi connectivity index (χ1) is 9.72. The third kappa shape index (κ3) is 2.34. The lowest BCUT2D eigenvalue weighted by atomic mass is 9.98. The summed E-state index contributed by atoms with van der Waals surface area (Å²) < 4.78 is 5.59. The first-order valence-electron chi connectivity index (χ1n) is 7.72. The maximum absolute atomic E-state index is 12.9. The fraction of sp³-hybridized carbons (Fsp3) is 0.688. The number of amides is 1. The van der Waals surface area contributed by atoms with Gasteiger partial charge in [-0.25, -0.2) is 0 Å². The summed E-state index contributed by atoms with van der Waals surface area (Å²) in [6.45, 7) is 3.06. The number of methoxy groups -OCH3 is 1. The zero-order valence-electron chi connectivity index (χ0n) is 12.4. The maximum Gasteiger partial charge on any atom is 0.268 e. The highest BCUT2D eigenvalue weighted by molar-refractivity contribution is 7.14. The Hall–Kier alpha value is -1.03. The normalized spacial score (nSPS) is 22.5. The van der Waals surface area contributed by atoms with Gasteiger partial charge in [0.05, 0.1) is 7.11 Å². The minimum Gasteiger partial charge on any atom is -0.495 e. The molecule has 1 atom stereocenters. The van der Waals surface area contributed by atoms with Crippen LogP contribution in [0, 0.1) is 0 Å². The summed E-state index contributed by atoms with van der Waals surface area (Å²) in [6.07, 6.45) is 8.13. The molecule has 1 unspecified atom stereocenters. The largest absolute Gasteiger partial charge is 0.495 e. The lowest BCUT2D eigenvalue weighted by Crippen LogP contribution is -2.41. The van der Waals surface area contributed by atoms with Crippen molar-refractivity contribution in [2.75, 3.05) is 13.7 Å². The molecule has 3 rings (SSSR count). The molecule has 0 bridgehead atoms. The predicted octanol–water partition coefficient (Wildman–Crippen LogP) is 3.65. The predicted molar refractivity (Wildman–Crippen MR) is 81.9 cm³/mol. The Labute approximate surface area is 124 Å². The molecule has 4 heteroatoms. The van der Waals surface area contributed by atoms with Crippen LogP contribution in [0.15, 0.2) is 0 Å². The molecule has 0 spiro atoms. The number of carbonyl (C=O) groups excluding carboxylic acids is 1. The van der Waals surface area contributed by atoms with Gasteiger partial charge in [0.25, 0.3) is 5.91 Å². The number of piperidine rings is 1. The molecule has 1 fully saturated rings. The summed E-state index contributed by atoms with van der Waals surface area (Å²) in [5.74, 6) is 1.06. The zero-order chi connectivity index (χ0) is 14.1. The number of ether oxygens (including phenoxy) is 1. The standard InChI is InChI=1S/C16H23NO2S/c1-11-7-5-6-10-17(11)16(18)15-14(19-2)12-8-3-4-9-13(12)20-15/h11H,3-10H2,1-2H3. The van der Waals surface area contributed by atoms with Crippen molar-refractivity contribution in [3.63, 3.8) is 0 Å². The summed E-state index contributed by atoms with van der Waals surface area (Å²) in [5, 5.41) is 0. The van der Waals surface area contributed by atoms with Gasteiger partial charge in [-0.15, -0.1) is 11.3 Å². The van der Waals surface area contributed by atoms with E-state index in [2.05, 4.69) is 6.92 Å². The molecule has 1 aromatic heterocycles. The van der Waals surface area contributed by atoms with Gasteiger partial charge in [0.1, 0.15) is 10.6 Å². The van der Waals surface area contributed by atoms with Crippen molar-refractivity contribution in [2.45, 2.75) is 57.9 Å². The molecule has 2 aliphatic rings. The fourth-order valence-corrected chi connectivity index (χ4v) is 4.74. The summed E-state index contributed by atoms with van der Waals surface area (Å²) in [6, 6.07) is 0.361. The van der Waals surface area contributed by atoms with Crippen molar-refractivity contribution in [1.29, 1.82) is 0 Å². The van der Waals surface area contributed by atoms with E-state index in [4.69, 9.17) is 4.74 Å². The summed E-state index contributed by atoms with van der Waals surface area (Å²) in [4.78, 5) is 17.1. The van der Waals surface area contributed by atoms with E-state index in [0.29, 0.717) is 6.04 Å². The van der Waals surface area contributed by atoms with E-state index < -0.39 is 0 Å². The van der Waals surface area contributed by atoms with Gasteiger partial charge in [0.15, 0.2) is 0 Å². The Morgan fingerprint density at radius 1 is 1.25 bits per heavy atom. The Morgan fingerprint density at radius 3 is 2.80 bits per heavy atom. The average molecular weight is 293 g/mol. The molecule has 1 aromatic rings. The molecule has 2 heterocycles. The van der Waals surface area contributed by atoms with Crippen molar-refractivity contribution in [3.8, 4) is 5.75 Å². The number of nitrogens with zero attached hydrogens (tertiary/aromatic N) is 1. The van der Waals surface area contributed by atoms with Gasteiger partial charge >= 0.3 is 0 Å². The van der Waals surface area contributed by atoms with E-state index in [-0.39, 0.29) is 5.91 Å². The number of rotatable bonds is 2. The lowest BCUT2D eigenvalue weighted by molar-refractivity contribution is 0.0637.